The van der Waals surface area contributed by atoms with Crippen molar-refractivity contribution in [1.29, 1.82) is 0 Å². The predicted octanol–water partition coefficient (Wildman–Crippen LogP) is 4.62. The largest absolute Gasteiger partial charge is 0.372 e. The van der Waals surface area contributed by atoms with Gasteiger partial charge in [-0.2, -0.15) is 0 Å². The third kappa shape index (κ3) is 5.19. The fourth-order valence-corrected chi connectivity index (χ4v) is 5.96. The highest BCUT2D eigenvalue weighted by Crippen LogP contribution is 2.52. The summed E-state index contributed by atoms with van der Waals surface area (Å²) in [4.78, 5) is 12.6. The second kappa shape index (κ2) is 8.14. The Labute approximate surface area is 159 Å². The summed E-state index contributed by atoms with van der Waals surface area (Å²) in [6.07, 6.45) is 6.70. The first kappa shape index (κ1) is 21.6. The number of sulfone groups is 1. The summed E-state index contributed by atoms with van der Waals surface area (Å²) in [6, 6.07) is 0. The van der Waals surface area contributed by atoms with Crippen LogP contribution >= 0.6 is 0 Å². The third-order valence-corrected chi connectivity index (χ3v) is 7.44. The number of ether oxygens (including phenoxy) is 1. The molecule has 26 heavy (non-hydrogen) atoms. The van der Waals surface area contributed by atoms with E-state index in [2.05, 4.69) is 13.8 Å². The van der Waals surface area contributed by atoms with Crippen molar-refractivity contribution in [3.05, 3.63) is 11.1 Å². The highest BCUT2D eigenvalue weighted by Gasteiger charge is 2.49. The molecule has 2 rings (SSSR count). The number of rotatable bonds is 8. The Morgan fingerprint density at radius 2 is 1.85 bits per heavy atom. The van der Waals surface area contributed by atoms with Gasteiger partial charge in [-0.15, -0.1) is 0 Å². The lowest BCUT2D eigenvalue weighted by Crippen LogP contribution is -2.40. The van der Waals surface area contributed by atoms with Crippen molar-refractivity contribution in [2.24, 2.45) is 5.41 Å². The van der Waals surface area contributed by atoms with E-state index in [-0.39, 0.29) is 34.4 Å². The van der Waals surface area contributed by atoms with Crippen LogP contribution < -0.4 is 0 Å². The highest BCUT2D eigenvalue weighted by molar-refractivity contribution is 7.91. The van der Waals surface area contributed by atoms with Crippen LogP contribution in [0, 0.1) is 5.41 Å². The number of hydrogen-bond donors (Lipinski definition) is 0. The van der Waals surface area contributed by atoms with Crippen LogP contribution in [0.5, 0.6) is 0 Å². The Morgan fingerprint density at radius 3 is 2.46 bits per heavy atom. The minimum Gasteiger partial charge on any atom is -0.372 e. The second-order valence-electron chi connectivity index (χ2n) is 9.21. The molecule has 0 aromatic rings. The molecule has 0 saturated heterocycles. The van der Waals surface area contributed by atoms with Crippen molar-refractivity contribution < 1.29 is 17.9 Å². The average molecular weight is 385 g/mol. The Morgan fingerprint density at radius 1 is 1.15 bits per heavy atom. The average Bonchev–Trinajstić information content (AvgIpc) is 2.83. The summed E-state index contributed by atoms with van der Waals surface area (Å²) in [5.41, 5.74) is 1.19. The normalized spacial score (nSPS) is 27.1. The summed E-state index contributed by atoms with van der Waals surface area (Å²) in [7, 11) is -3.23. The number of carbonyl (C=O) groups excluding carboxylic acids is 1. The molecule has 0 heterocycles. The first-order valence-corrected chi connectivity index (χ1v) is 11.9. The topological polar surface area (TPSA) is 60.4 Å². The van der Waals surface area contributed by atoms with E-state index in [4.69, 9.17) is 4.74 Å². The number of Topliss-reactive ketones (excluding diaryl/α,β-unsaturated/α-hetero) is 1. The van der Waals surface area contributed by atoms with E-state index in [1.54, 1.807) is 0 Å². The van der Waals surface area contributed by atoms with E-state index in [0.29, 0.717) is 18.4 Å². The Balaban J connectivity index is 2.20. The molecule has 0 N–H and O–H groups in total. The van der Waals surface area contributed by atoms with E-state index in [9.17, 15) is 13.2 Å². The van der Waals surface area contributed by atoms with E-state index in [0.717, 1.165) is 44.1 Å². The number of carbonyl (C=O) groups is 1. The third-order valence-electron chi connectivity index (χ3n) is 5.80. The van der Waals surface area contributed by atoms with Gasteiger partial charge < -0.3 is 4.74 Å². The summed E-state index contributed by atoms with van der Waals surface area (Å²) >= 11 is 0. The summed E-state index contributed by atoms with van der Waals surface area (Å²) in [6.45, 7) is 10.4. The fourth-order valence-electron chi connectivity index (χ4n) is 4.40. The molecule has 0 bridgehead atoms. The molecule has 150 valence electrons. The zero-order valence-corrected chi connectivity index (χ0v) is 18.0. The van der Waals surface area contributed by atoms with Crippen LogP contribution in [0.3, 0.4) is 0 Å². The van der Waals surface area contributed by atoms with Gasteiger partial charge in [-0.3, -0.25) is 4.79 Å². The van der Waals surface area contributed by atoms with Gasteiger partial charge in [0.25, 0.3) is 0 Å². The van der Waals surface area contributed by atoms with E-state index in [1.807, 2.05) is 20.8 Å². The van der Waals surface area contributed by atoms with Crippen molar-refractivity contribution in [2.45, 2.75) is 97.7 Å². The molecular formula is C21H36O4S. The molecule has 0 spiro atoms. The quantitative estimate of drug-likeness (QED) is 0.573. The molecule has 0 aromatic heterocycles. The molecule has 0 unspecified atom stereocenters. The number of ketones is 1. The molecule has 1 saturated carbocycles. The minimum atomic E-state index is -3.23. The highest BCUT2D eigenvalue weighted by atomic mass is 32.2. The molecule has 2 aliphatic rings. The maximum atomic E-state index is 12.6. The zero-order chi connectivity index (χ0) is 19.6. The van der Waals surface area contributed by atoms with Crippen molar-refractivity contribution in [3.63, 3.8) is 0 Å². The van der Waals surface area contributed by atoms with Gasteiger partial charge in [0.2, 0.25) is 0 Å². The fraction of sp³-hybridized carbons (Fsp3) is 0.857. The zero-order valence-electron chi connectivity index (χ0n) is 17.2. The minimum absolute atomic E-state index is 0.0333. The van der Waals surface area contributed by atoms with Crippen LogP contribution in [-0.4, -0.2) is 37.4 Å². The Bertz CT molecular complexity index is 654. The maximum absolute atomic E-state index is 12.6. The molecule has 5 heteroatoms. The molecule has 0 aromatic carbocycles. The molecule has 1 fully saturated rings. The van der Waals surface area contributed by atoms with Gasteiger partial charge >= 0.3 is 0 Å². The number of unbranched alkanes of at least 4 members (excludes halogenated alkanes) is 3. The first-order valence-electron chi connectivity index (χ1n) is 10.1. The van der Waals surface area contributed by atoms with E-state index >= 15 is 0 Å². The van der Waals surface area contributed by atoms with Crippen LogP contribution in [-0.2, 0) is 19.4 Å². The maximum Gasteiger partial charge on any atom is 0.159 e. The molecule has 0 amide bonds. The Kier molecular flexibility index (Phi) is 6.76. The van der Waals surface area contributed by atoms with Crippen molar-refractivity contribution in [3.8, 4) is 0 Å². The lowest BCUT2D eigenvalue weighted by molar-refractivity contribution is -0.120. The van der Waals surface area contributed by atoms with Gasteiger partial charge in [0.1, 0.15) is 0 Å². The van der Waals surface area contributed by atoms with E-state index < -0.39 is 9.84 Å². The molecule has 2 aliphatic carbocycles. The smallest absolute Gasteiger partial charge is 0.159 e. The van der Waals surface area contributed by atoms with Crippen LogP contribution in [0.2, 0.25) is 0 Å². The van der Waals surface area contributed by atoms with Gasteiger partial charge in [-0.05, 0) is 46.5 Å². The van der Waals surface area contributed by atoms with Crippen molar-refractivity contribution in [1.82, 2.24) is 0 Å². The molecule has 0 radical (unpaired) electrons. The second-order valence-corrected chi connectivity index (χ2v) is 11.4. The van der Waals surface area contributed by atoms with Gasteiger partial charge in [0, 0.05) is 17.4 Å². The van der Waals surface area contributed by atoms with Gasteiger partial charge in [-0.25, -0.2) is 8.42 Å². The van der Waals surface area contributed by atoms with Crippen LogP contribution in [0.15, 0.2) is 11.1 Å². The monoisotopic (exact) mass is 384 g/mol. The van der Waals surface area contributed by atoms with Crippen molar-refractivity contribution >= 4 is 15.6 Å². The van der Waals surface area contributed by atoms with Gasteiger partial charge in [-0.1, -0.05) is 38.7 Å². The SMILES string of the molecule is CCCCCCS(=O)(=O)CC1=C2CC[C@H](OC(C)(C)C)[C@@]2(C)CCC1=O. The van der Waals surface area contributed by atoms with Crippen LogP contribution in [0.1, 0.15) is 86.0 Å². The molecule has 2 atom stereocenters. The van der Waals surface area contributed by atoms with Crippen LogP contribution in [0.4, 0.5) is 0 Å². The standard InChI is InChI=1S/C21H36O4S/c1-6-7-8-9-14-26(23,24)15-16-17-10-11-19(25-20(2,3)4)21(17,5)13-12-18(16)22/h19H,6-15H2,1-5H3/t19-,21-/m0/s1. The number of hydrogen-bond acceptors (Lipinski definition) is 4. The summed E-state index contributed by atoms with van der Waals surface area (Å²) in [5.74, 6) is 0.145. The van der Waals surface area contributed by atoms with Gasteiger partial charge in [0.05, 0.1) is 23.2 Å². The lowest BCUT2D eigenvalue weighted by atomic mass is 9.71. The lowest BCUT2D eigenvalue weighted by Gasteiger charge is -2.40. The van der Waals surface area contributed by atoms with Gasteiger partial charge in [0.15, 0.2) is 15.6 Å². The summed E-state index contributed by atoms with van der Waals surface area (Å²) < 4.78 is 31.5. The number of fused-ring (bicyclic) bond motifs is 1. The van der Waals surface area contributed by atoms with E-state index in [1.165, 1.54) is 0 Å². The van der Waals surface area contributed by atoms with Crippen LogP contribution in [0.25, 0.3) is 0 Å². The first-order chi connectivity index (χ1) is 12.0. The molecule has 4 nitrogen and oxygen atoms in total. The Hall–Kier alpha value is -0.680. The predicted molar refractivity (Wildman–Crippen MR) is 106 cm³/mol. The summed E-state index contributed by atoms with van der Waals surface area (Å²) in [5, 5.41) is 0. The molecule has 0 aliphatic heterocycles. The molecular weight excluding hydrogens is 348 g/mol. The van der Waals surface area contributed by atoms with Crippen molar-refractivity contribution in [2.75, 3.05) is 11.5 Å².